The van der Waals surface area contributed by atoms with Gasteiger partial charge < -0.3 is 10.4 Å². The number of carbonyl (C=O) groups is 1. The van der Waals surface area contributed by atoms with Gasteiger partial charge in [0, 0.05) is 23.5 Å². The molecule has 2 rings (SSSR count). The van der Waals surface area contributed by atoms with E-state index in [-0.39, 0.29) is 11.4 Å². The van der Waals surface area contributed by atoms with Crippen molar-refractivity contribution in [2.24, 2.45) is 0 Å². The van der Waals surface area contributed by atoms with Crippen molar-refractivity contribution in [3.8, 4) is 5.75 Å². The number of nitrogens with one attached hydrogen (secondary N) is 2. The third-order valence-electron chi connectivity index (χ3n) is 3.15. The quantitative estimate of drug-likeness (QED) is 0.728. The number of halogens is 2. The second-order valence-corrected chi connectivity index (χ2v) is 7.08. The van der Waals surface area contributed by atoms with Crippen molar-refractivity contribution in [3.63, 3.8) is 0 Å². The van der Waals surface area contributed by atoms with Crippen molar-refractivity contribution >= 4 is 27.3 Å². The number of aromatic hydroxyl groups is 1. The molecule has 0 saturated carbocycles. The molecule has 0 radical (unpaired) electrons. The molecule has 0 aromatic heterocycles. The van der Waals surface area contributed by atoms with Gasteiger partial charge in [-0.2, -0.15) is 0 Å². The largest absolute Gasteiger partial charge is 0.507 e. The van der Waals surface area contributed by atoms with Gasteiger partial charge >= 0.3 is 0 Å². The van der Waals surface area contributed by atoms with Crippen LogP contribution < -0.4 is 10.0 Å². The fourth-order valence-corrected chi connectivity index (χ4v) is 3.23. The standard InChI is InChI=1S/C16H16F2N2O4S/c1-2-7-25(23,24)20-12-5-3-11(4-6-12)19-16(22)15-13(18)8-10(17)9-14(15)21/h3-6,8-9,20-21H,2,7H2,1H3,(H,19,22). The molecule has 0 aliphatic rings. The highest BCUT2D eigenvalue weighted by atomic mass is 32.2. The number of hydrogen-bond donors (Lipinski definition) is 3. The van der Waals surface area contributed by atoms with Gasteiger partial charge in [-0.3, -0.25) is 9.52 Å². The first-order valence-corrected chi connectivity index (χ1v) is 8.97. The molecule has 0 spiro atoms. The molecule has 6 nitrogen and oxygen atoms in total. The first kappa shape index (κ1) is 18.7. The third-order valence-corrected chi connectivity index (χ3v) is 4.64. The maximum Gasteiger partial charge on any atom is 0.262 e. The number of amides is 1. The summed E-state index contributed by atoms with van der Waals surface area (Å²) in [5, 5.41) is 11.9. The van der Waals surface area contributed by atoms with Gasteiger partial charge in [0.1, 0.15) is 22.9 Å². The van der Waals surface area contributed by atoms with Crippen LogP contribution in [0.25, 0.3) is 0 Å². The summed E-state index contributed by atoms with van der Waals surface area (Å²) in [5.74, 6) is -4.00. The van der Waals surface area contributed by atoms with Crippen LogP contribution >= 0.6 is 0 Å². The molecular formula is C16H16F2N2O4S. The summed E-state index contributed by atoms with van der Waals surface area (Å²) < 4.78 is 52.3. The SMILES string of the molecule is CCCS(=O)(=O)Nc1ccc(NC(=O)c2c(O)cc(F)cc2F)cc1. The lowest BCUT2D eigenvalue weighted by Crippen LogP contribution is -2.16. The summed E-state index contributed by atoms with van der Waals surface area (Å²) in [6.07, 6.45) is 0.468. The summed E-state index contributed by atoms with van der Waals surface area (Å²) in [7, 11) is -3.43. The van der Waals surface area contributed by atoms with Crippen LogP contribution in [0, 0.1) is 11.6 Å². The van der Waals surface area contributed by atoms with E-state index in [0.29, 0.717) is 24.2 Å². The molecule has 25 heavy (non-hydrogen) atoms. The van der Waals surface area contributed by atoms with Crippen LogP contribution in [-0.4, -0.2) is 25.2 Å². The summed E-state index contributed by atoms with van der Waals surface area (Å²) >= 11 is 0. The van der Waals surface area contributed by atoms with Gasteiger partial charge in [0.25, 0.3) is 5.91 Å². The van der Waals surface area contributed by atoms with Crippen molar-refractivity contribution in [2.75, 3.05) is 15.8 Å². The fourth-order valence-electron chi connectivity index (χ4n) is 2.10. The minimum absolute atomic E-state index is 0.0192. The summed E-state index contributed by atoms with van der Waals surface area (Å²) in [5.41, 5.74) is -0.136. The van der Waals surface area contributed by atoms with E-state index in [1.54, 1.807) is 6.92 Å². The molecule has 0 bridgehead atoms. The Bertz CT molecular complexity index is 861. The molecule has 2 aromatic rings. The second-order valence-electron chi connectivity index (χ2n) is 5.23. The van der Waals surface area contributed by atoms with E-state index in [4.69, 9.17) is 0 Å². The van der Waals surface area contributed by atoms with Gasteiger partial charge in [-0.15, -0.1) is 0 Å². The van der Waals surface area contributed by atoms with E-state index in [2.05, 4.69) is 10.0 Å². The predicted molar refractivity (Wildman–Crippen MR) is 90.1 cm³/mol. The van der Waals surface area contributed by atoms with E-state index < -0.39 is 38.9 Å². The number of phenolic OH excluding ortho intramolecular Hbond substituents is 1. The van der Waals surface area contributed by atoms with Gasteiger partial charge in [-0.05, 0) is 30.7 Å². The van der Waals surface area contributed by atoms with Crippen LogP contribution in [0.15, 0.2) is 36.4 Å². The van der Waals surface area contributed by atoms with Gasteiger partial charge in [-0.1, -0.05) is 6.92 Å². The molecule has 2 aromatic carbocycles. The van der Waals surface area contributed by atoms with E-state index >= 15 is 0 Å². The highest BCUT2D eigenvalue weighted by molar-refractivity contribution is 7.92. The number of anilines is 2. The smallest absolute Gasteiger partial charge is 0.262 e. The zero-order valence-corrected chi connectivity index (χ0v) is 14.0. The maximum absolute atomic E-state index is 13.6. The Kier molecular flexibility index (Phi) is 5.58. The molecule has 0 unspecified atom stereocenters. The Hall–Kier alpha value is -2.68. The van der Waals surface area contributed by atoms with Crippen molar-refractivity contribution in [2.45, 2.75) is 13.3 Å². The minimum Gasteiger partial charge on any atom is -0.507 e. The van der Waals surface area contributed by atoms with Gasteiger partial charge in [0.15, 0.2) is 0 Å². The molecule has 0 saturated heterocycles. The third kappa shape index (κ3) is 4.90. The monoisotopic (exact) mass is 370 g/mol. The van der Waals surface area contributed by atoms with Crippen LogP contribution in [-0.2, 0) is 10.0 Å². The number of rotatable bonds is 6. The van der Waals surface area contributed by atoms with Crippen LogP contribution in [0.5, 0.6) is 5.75 Å². The number of carbonyl (C=O) groups excluding carboxylic acids is 1. The lowest BCUT2D eigenvalue weighted by Gasteiger charge is -2.10. The van der Waals surface area contributed by atoms with Crippen LogP contribution in [0.1, 0.15) is 23.7 Å². The average Bonchev–Trinajstić information content (AvgIpc) is 2.47. The highest BCUT2D eigenvalue weighted by Gasteiger charge is 2.18. The Balaban J connectivity index is 2.13. The Morgan fingerprint density at radius 2 is 1.72 bits per heavy atom. The van der Waals surface area contributed by atoms with Crippen LogP contribution in [0.3, 0.4) is 0 Å². The topological polar surface area (TPSA) is 95.5 Å². The van der Waals surface area contributed by atoms with Crippen molar-refractivity contribution < 1.29 is 27.1 Å². The minimum atomic E-state index is -3.43. The Morgan fingerprint density at radius 3 is 2.28 bits per heavy atom. The summed E-state index contributed by atoms with van der Waals surface area (Å²) in [4.78, 5) is 12.0. The fraction of sp³-hybridized carbons (Fsp3) is 0.188. The van der Waals surface area contributed by atoms with Crippen LogP contribution in [0.4, 0.5) is 20.2 Å². The molecule has 1 amide bonds. The Labute approximate surface area is 143 Å². The van der Waals surface area contributed by atoms with E-state index in [9.17, 15) is 27.1 Å². The lowest BCUT2D eigenvalue weighted by atomic mass is 10.1. The van der Waals surface area contributed by atoms with Gasteiger partial charge in [0.05, 0.1) is 5.75 Å². The number of hydrogen-bond acceptors (Lipinski definition) is 4. The first-order chi connectivity index (χ1) is 11.7. The van der Waals surface area contributed by atoms with Crippen molar-refractivity contribution in [1.82, 2.24) is 0 Å². The van der Waals surface area contributed by atoms with Crippen molar-refractivity contribution in [1.29, 1.82) is 0 Å². The number of phenols is 1. The van der Waals surface area contributed by atoms with Crippen LogP contribution in [0.2, 0.25) is 0 Å². The first-order valence-electron chi connectivity index (χ1n) is 7.32. The molecule has 0 heterocycles. The summed E-state index contributed by atoms with van der Waals surface area (Å²) in [6, 6.07) is 6.76. The molecule has 0 fully saturated rings. The highest BCUT2D eigenvalue weighted by Crippen LogP contribution is 2.24. The second kappa shape index (κ2) is 7.47. The predicted octanol–water partition coefficient (Wildman–Crippen LogP) is 3.07. The molecular weight excluding hydrogens is 354 g/mol. The molecule has 3 N–H and O–H groups in total. The maximum atomic E-state index is 13.6. The molecule has 9 heteroatoms. The van der Waals surface area contributed by atoms with E-state index in [0.717, 1.165) is 0 Å². The zero-order valence-electron chi connectivity index (χ0n) is 13.2. The molecule has 0 aliphatic heterocycles. The molecule has 0 aliphatic carbocycles. The molecule has 134 valence electrons. The van der Waals surface area contributed by atoms with E-state index in [1.165, 1.54) is 24.3 Å². The van der Waals surface area contributed by atoms with Crippen molar-refractivity contribution in [3.05, 3.63) is 53.6 Å². The lowest BCUT2D eigenvalue weighted by molar-refractivity contribution is 0.102. The molecule has 0 atom stereocenters. The average molecular weight is 370 g/mol. The number of sulfonamides is 1. The Morgan fingerprint density at radius 1 is 1.12 bits per heavy atom. The zero-order chi connectivity index (χ0) is 18.6. The normalized spacial score (nSPS) is 11.2. The van der Waals surface area contributed by atoms with Gasteiger partial charge in [0.2, 0.25) is 10.0 Å². The van der Waals surface area contributed by atoms with Gasteiger partial charge in [-0.25, -0.2) is 17.2 Å². The number of benzene rings is 2. The summed E-state index contributed by atoms with van der Waals surface area (Å²) in [6.45, 7) is 1.74. The van der Waals surface area contributed by atoms with E-state index in [1.807, 2.05) is 0 Å².